The van der Waals surface area contributed by atoms with E-state index in [9.17, 15) is 4.79 Å². The monoisotopic (exact) mass is 200 g/mol. The van der Waals surface area contributed by atoms with Gasteiger partial charge in [0.25, 0.3) is 0 Å². The van der Waals surface area contributed by atoms with Crippen LogP contribution in [0.3, 0.4) is 0 Å². The van der Waals surface area contributed by atoms with Crippen LogP contribution >= 0.6 is 0 Å². The Kier molecular flexibility index (Phi) is 2.98. The highest BCUT2D eigenvalue weighted by atomic mass is 16.3. The smallest absolute Gasteiger partial charge is 0.185 e. The molecule has 0 N–H and O–H groups in total. The van der Waals surface area contributed by atoms with Crippen molar-refractivity contribution < 1.29 is 9.21 Å². The second-order valence-corrected chi connectivity index (χ2v) is 3.46. The van der Waals surface area contributed by atoms with E-state index in [2.05, 4.69) is 12.1 Å². The van der Waals surface area contributed by atoms with Crippen molar-refractivity contribution in [3.05, 3.63) is 59.5 Å². The van der Waals surface area contributed by atoms with Crippen LogP contribution in [0.2, 0.25) is 0 Å². The fourth-order valence-electron chi connectivity index (χ4n) is 1.52. The average molecular weight is 200 g/mol. The quantitative estimate of drug-likeness (QED) is 0.710. The van der Waals surface area contributed by atoms with Crippen molar-refractivity contribution in [2.75, 3.05) is 0 Å². The van der Waals surface area contributed by atoms with E-state index < -0.39 is 0 Å². The predicted molar refractivity (Wildman–Crippen MR) is 57.9 cm³/mol. The normalized spacial score (nSPS) is 10.1. The number of hydrogen-bond donors (Lipinski definition) is 0. The lowest BCUT2D eigenvalue weighted by molar-refractivity contribution is 0.110. The number of aldehydes is 1. The van der Waals surface area contributed by atoms with Gasteiger partial charge in [0, 0.05) is 0 Å². The summed E-state index contributed by atoms with van der Waals surface area (Å²) in [7, 11) is 0. The Morgan fingerprint density at radius 3 is 2.47 bits per heavy atom. The minimum Gasteiger partial charge on any atom is -0.461 e. The fourth-order valence-corrected chi connectivity index (χ4v) is 1.52. The molecule has 2 rings (SSSR count). The van der Waals surface area contributed by atoms with Crippen LogP contribution in [0.5, 0.6) is 0 Å². The van der Waals surface area contributed by atoms with Gasteiger partial charge in [-0.2, -0.15) is 0 Å². The zero-order chi connectivity index (χ0) is 10.5. The second kappa shape index (κ2) is 4.60. The molecule has 0 aliphatic heterocycles. The van der Waals surface area contributed by atoms with Crippen LogP contribution in [0, 0.1) is 0 Å². The van der Waals surface area contributed by atoms with Crippen molar-refractivity contribution in [3.8, 4) is 0 Å². The maximum absolute atomic E-state index is 10.4. The lowest BCUT2D eigenvalue weighted by Crippen LogP contribution is -1.88. The molecule has 0 radical (unpaired) electrons. The molecule has 0 saturated carbocycles. The SMILES string of the molecule is O=Cc1cc(CCc2ccccc2)co1. The van der Waals surface area contributed by atoms with Crippen LogP contribution in [-0.4, -0.2) is 6.29 Å². The highest BCUT2D eigenvalue weighted by Gasteiger charge is 2.00. The van der Waals surface area contributed by atoms with E-state index in [0.29, 0.717) is 5.76 Å². The maximum Gasteiger partial charge on any atom is 0.185 e. The van der Waals surface area contributed by atoms with E-state index in [1.807, 2.05) is 18.2 Å². The molecule has 0 unspecified atom stereocenters. The molecule has 0 amide bonds. The lowest BCUT2D eigenvalue weighted by atomic mass is 10.1. The number of benzene rings is 1. The standard InChI is InChI=1S/C13H12O2/c14-9-13-8-12(10-15-13)7-6-11-4-2-1-3-5-11/h1-5,8-10H,6-7H2. The zero-order valence-electron chi connectivity index (χ0n) is 8.35. The van der Waals surface area contributed by atoms with Gasteiger partial charge < -0.3 is 4.42 Å². The summed E-state index contributed by atoms with van der Waals surface area (Å²) in [6.07, 6.45) is 4.25. The lowest BCUT2D eigenvalue weighted by Gasteiger charge is -1.97. The molecular formula is C13H12O2. The first-order valence-electron chi connectivity index (χ1n) is 4.95. The predicted octanol–water partition coefficient (Wildman–Crippen LogP) is 2.88. The van der Waals surface area contributed by atoms with E-state index in [-0.39, 0.29) is 0 Å². The van der Waals surface area contributed by atoms with Crippen LogP contribution in [0.1, 0.15) is 21.7 Å². The summed E-state index contributed by atoms with van der Waals surface area (Å²) in [6.45, 7) is 0. The molecule has 2 heteroatoms. The minimum atomic E-state index is 0.401. The summed E-state index contributed by atoms with van der Waals surface area (Å²) in [5.41, 5.74) is 2.37. The molecule has 76 valence electrons. The summed E-state index contributed by atoms with van der Waals surface area (Å²) in [5.74, 6) is 0.401. The summed E-state index contributed by atoms with van der Waals surface area (Å²) in [5, 5.41) is 0. The van der Waals surface area contributed by atoms with E-state index in [0.717, 1.165) is 24.7 Å². The molecule has 2 nitrogen and oxygen atoms in total. The zero-order valence-corrected chi connectivity index (χ0v) is 8.35. The fraction of sp³-hybridized carbons (Fsp3) is 0.154. The van der Waals surface area contributed by atoms with Crippen molar-refractivity contribution in [3.63, 3.8) is 0 Å². The van der Waals surface area contributed by atoms with Gasteiger partial charge in [-0.1, -0.05) is 30.3 Å². The molecule has 0 bridgehead atoms. The molecule has 15 heavy (non-hydrogen) atoms. The first kappa shape index (κ1) is 9.71. The molecule has 2 aromatic rings. The van der Waals surface area contributed by atoms with Crippen LogP contribution in [0.4, 0.5) is 0 Å². The Bertz CT molecular complexity index is 429. The number of aryl methyl sites for hydroxylation is 2. The van der Waals surface area contributed by atoms with Crippen molar-refractivity contribution >= 4 is 6.29 Å². The molecule has 0 aliphatic carbocycles. The van der Waals surface area contributed by atoms with E-state index in [1.54, 1.807) is 12.3 Å². The number of rotatable bonds is 4. The molecule has 1 aromatic carbocycles. The van der Waals surface area contributed by atoms with Gasteiger partial charge in [0.2, 0.25) is 0 Å². The molecule has 1 heterocycles. The van der Waals surface area contributed by atoms with Gasteiger partial charge in [0.1, 0.15) is 0 Å². The molecule has 0 saturated heterocycles. The Hall–Kier alpha value is -1.83. The van der Waals surface area contributed by atoms with Crippen molar-refractivity contribution in [1.82, 2.24) is 0 Å². The number of carbonyl (C=O) groups is 1. The number of hydrogen-bond acceptors (Lipinski definition) is 2. The third kappa shape index (κ3) is 2.56. The topological polar surface area (TPSA) is 30.2 Å². The largest absolute Gasteiger partial charge is 0.461 e. The Balaban J connectivity index is 1.96. The molecule has 0 aliphatic rings. The Morgan fingerprint density at radius 1 is 1.07 bits per heavy atom. The maximum atomic E-state index is 10.4. The third-order valence-electron chi connectivity index (χ3n) is 2.34. The Labute approximate surface area is 88.5 Å². The highest BCUT2D eigenvalue weighted by molar-refractivity contribution is 5.70. The van der Waals surface area contributed by atoms with Gasteiger partial charge >= 0.3 is 0 Å². The van der Waals surface area contributed by atoms with Crippen LogP contribution in [0.25, 0.3) is 0 Å². The van der Waals surface area contributed by atoms with E-state index in [1.165, 1.54) is 5.56 Å². The van der Waals surface area contributed by atoms with Crippen LogP contribution in [0.15, 0.2) is 47.1 Å². The van der Waals surface area contributed by atoms with E-state index >= 15 is 0 Å². The van der Waals surface area contributed by atoms with Gasteiger partial charge in [-0.25, -0.2) is 0 Å². The van der Waals surface area contributed by atoms with Crippen LogP contribution in [-0.2, 0) is 12.8 Å². The first-order chi connectivity index (χ1) is 7.38. The number of furan rings is 1. The average Bonchev–Trinajstić information content (AvgIpc) is 2.76. The highest BCUT2D eigenvalue weighted by Crippen LogP contribution is 2.10. The van der Waals surface area contributed by atoms with Crippen molar-refractivity contribution in [1.29, 1.82) is 0 Å². The molecule has 0 fully saturated rings. The number of carbonyl (C=O) groups excluding carboxylic acids is 1. The van der Waals surface area contributed by atoms with Gasteiger partial charge in [0.05, 0.1) is 6.26 Å². The van der Waals surface area contributed by atoms with Crippen molar-refractivity contribution in [2.45, 2.75) is 12.8 Å². The molecule has 0 spiro atoms. The van der Waals surface area contributed by atoms with Gasteiger partial charge in [-0.3, -0.25) is 4.79 Å². The minimum absolute atomic E-state index is 0.401. The molecule has 1 aromatic heterocycles. The third-order valence-corrected chi connectivity index (χ3v) is 2.34. The van der Waals surface area contributed by atoms with Gasteiger partial charge in [-0.05, 0) is 30.0 Å². The van der Waals surface area contributed by atoms with Gasteiger partial charge in [0.15, 0.2) is 12.0 Å². The summed E-state index contributed by atoms with van der Waals surface area (Å²) in [4.78, 5) is 10.4. The molecular weight excluding hydrogens is 188 g/mol. The first-order valence-corrected chi connectivity index (χ1v) is 4.95. The Morgan fingerprint density at radius 2 is 1.80 bits per heavy atom. The molecule has 0 atom stereocenters. The summed E-state index contributed by atoms with van der Waals surface area (Å²) >= 11 is 0. The van der Waals surface area contributed by atoms with Crippen LogP contribution < -0.4 is 0 Å². The van der Waals surface area contributed by atoms with Gasteiger partial charge in [-0.15, -0.1) is 0 Å². The van der Waals surface area contributed by atoms with E-state index in [4.69, 9.17) is 4.42 Å². The summed E-state index contributed by atoms with van der Waals surface area (Å²) < 4.78 is 5.03. The summed E-state index contributed by atoms with van der Waals surface area (Å²) in [6, 6.07) is 12.0. The van der Waals surface area contributed by atoms with Crippen molar-refractivity contribution in [2.24, 2.45) is 0 Å². The second-order valence-electron chi connectivity index (χ2n) is 3.46.